The van der Waals surface area contributed by atoms with E-state index in [1.165, 1.54) is 0 Å². The molecule has 0 aliphatic carbocycles. The number of nitrogens with two attached hydrogens (primary N) is 1. The Morgan fingerprint density at radius 2 is 2.00 bits per heavy atom. The van der Waals surface area contributed by atoms with Crippen LogP contribution < -0.4 is 16.6 Å². The average molecular weight is 268 g/mol. The molecule has 0 fully saturated rings. The van der Waals surface area contributed by atoms with Gasteiger partial charge < -0.3 is 10.7 Å². The van der Waals surface area contributed by atoms with Crippen LogP contribution in [0.25, 0.3) is 0 Å². The Kier molecular flexibility index (Phi) is 4.47. The van der Waals surface area contributed by atoms with E-state index in [0.29, 0.717) is 17.3 Å². The first kappa shape index (κ1) is 13.8. The Morgan fingerprint density at radius 3 is 2.60 bits per heavy atom. The van der Waals surface area contributed by atoms with E-state index >= 15 is 0 Å². The van der Waals surface area contributed by atoms with Gasteiger partial charge in [0.05, 0.1) is 11.6 Å². The Hall–Kier alpha value is -2.65. The monoisotopic (exact) mass is 268 g/mol. The Bertz CT molecular complexity index is 615. The number of aryl methyl sites for hydroxylation is 1. The predicted molar refractivity (Wildman–Crippen MR) is 78.3 cm³/mol. The van der Waals surface area contributed by atoms with Crippen molar-refractivity contribution >= 4 is 17.5 Å². The summed E-state index contributed by atoms with van der Waals surface area (Å²) in [6.07, 6.45) is 1.86. The lowest BCUT2D eigenvalue weighted by atomic mass is 10.2. The fourth-order valence-corrected chi connectivity index (χ4v) is 1.77. The highest BCUT2D eigenvalue weighted by molar-refractivity contribution is 5.56. The first-order chi connectivity index (χ1) is 9.75. The Labute approximate surface area is 117 Å². The molecule has 0 atom stereocenters. The third kappa shape index (κ3) is 3.43. The molecule has 4 N–H and O–H groups in total. The maximum Gasteiger partial charge on any atom is 0.229 e. The van der Waals surface area contributed by atoms with Crippen LogP contribution in [-0.2, 0) is 6.42 Å². The molecule has 1 aromatic heterocycles. The van der Waals surface area contributed by atoms with Crippen LogP contribution >= 0.6 is 0 Å². The molecule has 2 rings (SSSR count). The van der Waals surface area contributed by atoms with Crippen molar-refractivity contribution in [2.45, 2.75) is 19.8 Å². The minimum atomic E-state index is 0.480. The van der Waals surface area contributed by atoms with Crippen LogP contribution in [0.2, 0.25) is 0 Å². The van der Waals surface area contributed by atoms with Crippen molar-refractivity contribution in [3.05, 3.63) is 41.6 Å². The highest BCUT2D eigenvalue weighted by Crippen LogP contribution is 2.16. The molecule has 0 aliphatic rings. The van der Waals surface area contributed by atoms with Gasteiger partial charge in [0.1, 0.15) is 5.82 Å². The fraction of sp³-hybridized carbons (Fsp3) is 0.214. The SMILES string of the molecule is CCCc1cc(NN)nc(Nc2ccc(C#N)cc2)n1. The minimum absolute atomic E-state index is 0.480. The molecule has 0 saturated carbocycles. The maximum absolute atomic E-state index is 8.76. The van der Waals surface area contributed by atoms with Gasteiger partial charge in [0.2, 0.25) is 5.95 Å². The lowest BCUT2D eigenvalue weighted by Crippen LogP contribution is -2.11. The molecule has 1 heterocycles. The standard InChI is InChI=1S/C14H16N6/c1-2-3-12-8-13(20-16)19-14(18-12)17-11-6-4-10(9-15)5-7-11/h4-8H,2-3,16H2,1H3,(H2,17,18,19,20). The van der Waals surface area contributed by atoms with Gasteiger partial charge >= 0.3 is 0 Å². The summed E-state index contributed by atoms with van der Waals surface area (Å²) < 4.78 is 0. The van der Waals surface area contributed by atoms with Gasteiger partial charge in [-0.3, -0.25) is 0 Å². The minimum Gasteiger partial charge on any atom is -0.324 e. The molecule has 6 heteroatoms. The van der Waals surface area contributed by atoms with Crippen molar-refractivity contribution in [3.63, 3.8) is 0 Å². The molecule has 2 aromatic rings. The molecule has 102 valence electrons. The molecule has 6 nitrogen and oxygen atoms in total. The molecule has 0 unspecified atom stereocenters. The van der Waals surface area contributed by atoms with Crippen molar-refractivity contribution in [2.75, 3.05) is 10.7 Å². The summed E-state index contributed by atoms with van der Waals surface area (Å²) in [6.45, 7) is 2.09. The zero-order valence-corrected chi connectivity index (χ0v) is 11.2. The number of aromatic nitrogens is 2. The maximum atomic E-state index is 8.76. The van der Waals surface area contributed by atoms with Crippen LogP contribution in [0.4, 0.5) is 17.5 Å². The average Bonchev–Trinajstić information content (AvgIpc) is 2.48. The largest absolute Gasteiger partial charge is 0.324 e. The Balaban J connectivity index is 2.22. The highest BCUT2D eigenvalue weighted by Gasteiger charge is 2.04. The van der Waals surface area contributed by atoms with Gasteiger partial charge in [-0.05, 0) is 30.7 Å². The number of hydrogen-bond acceptors (Lipinski definition) is 6. The second kappa shape index (κ2) is 6.50. The molecular weight excluding hydrogens is 252 g/mol. The molecule has 0 aliphatic heterocycles. The third-order valence-corrected chi connectivity index (χ3v) is 2.70. The van der Waals surface area contributed by atoms with Crippen LogP contribution in [-0.4, -0.2) is 9.97 Å². The van der Waals surface area contributed by atoms with Crippen molar-refractivity contribution < 1.29 is 0 Å². The number of nitrogens with zero attached hydrogens (tertiary/aromatic N) is 3. The Morgan fingerprint density at radius 1 is 1.25 bits per heavy atom. The fourth-order valence-electron chi connectivity index (χ4n) is 1.77. The molecule has 20 heavy (non-hydrogen) atoms. The summed E-state index contributed by atoms with van der Waals surface area (Å²) in [5.74, 6) is 6.46. The van der Waals surface area contributed by atoms with Gasteiger partial charge in [-0.25, -0.2) is 10.8 Å². The van der Waals surface area contributed by atoms with Crippen LogP contribution in [0.5, 0.6) is 0 Å². The van der Waals surface area contributed by atoms with E-state index in [-0.39, 0.29) is 0 Å². The van der Waals surface area contributed by atoms with E-state index in [1.54, 1.807) is 12.1 Å². The summed E-state index contributed by atoms with van der Waals surface area (Å²) >= 11 is 0. The number of hydrogen-bond donors (Lipinski definition) is 3. The van der Waals surface area contributed by atoms with Gasteiger partial charge in [0.25, 0.3) is 0 Å². The zero-order valence-electron chi connectivity index (χ0n) is 11.2. The van der Waals surface area contributed by atoms with Crippen molar-refractivity contribution in [3.8, 4) is 6.07 Å². The first-order valence-corrected chi connectivity index (χ1v) is 6.37. The topological polar surface area (TPSA) is 99.6 Å². The number of hydrazine groups is 1. The molecule has 0 saturated heterocycles. The summed E-state index contributed by atoms with van der Waals surface area (Å²) in [6, 6.07) is 11.0. The molecule has 1 aromatic carbocycles. The van der Waals surface area contributed by atoms with Crippen molar-refractivity contribution in [2.24, 2.45) is 5.84 Å². The number of anilines is 3. The summed E-state index contributed by atoms with van der Waals surface area (Å²) in [5, 5.41) is 11.9. The molecule has 0 spiro atoms. The second-order valence-electron chi connectivity index (χ2n) is 4.28. The lowest BCUT2D eigenvalue weighted by molar-refractivity contribution is 0.875. The third-order valence-electron chi connectivity index (χ3n) is 2.70. The zero-order chi connectivity index (χ0) is 14.4. The van der Waals surface area contributed by atoms with E-state index in [4.69, 9.17) is 11.1 Å². The smallest absolute Gasteiger partial charge is 0.229 e. The number of rotatable bonds is 5. The van der Waals surface area contributed by atoms with Gasteiger partial charge in [-0.15, -0.1) is 0 Å². The summed E-state index contributed by atoms with van der Waals surface area (Å²) in [4.78, 5) is 8.67. The number of nitriles is 1. The summed E-state index contributed by atoms with van der Waals surface area (Å²) in [5.41, 5.74) is 4.89. The van der Waals surface area contributed by atoms with Crippen LogP contribution in [0.1, 0.15) is 24.6 Å². The quantitative estimate of drug-likeness (QED) is 0.568. The number of nitrogen functional groups attached to an aromatic ring is 1. The van der Waals surface area contributed by atoms with Gasteiger partial charge in [0, 0.05) is 17.4 Å². The van der Waals surface area contributed by atoms with Gasteiger partial charge in [-0.2, -0.15) is 10.2 Å². The summed E-state index contributed by atoms with van der Waals surface area (Å²) in [7, 11) is 0. The van der Waals surface area contributed by atoms with E-state index in [0.717, 1.165) is 24.2 Å². The van der Waals surface area contributed by atoms with Crippen molar-refractivity contribution in [1.29, 1.82) is 5.26 Å². The van der Waals surface area contributed by atoms with Gasteiger partial charge in [0.15, 0.2) is 0 Å². The number of benzene rings is 1. The molecule has 0 amide bonds. The lowest BCUT2D eigenvalue weighted by Gasteiger charge is -2.09. The second-order valence-corrected chi connectivity index (χ2v) is 4.28. The van der Waals surface area contributed by atoms with E-state index in [1.807, 2.05) is 18.2 Å². The van der Waals surface area contributed by atoms with E-state index < -0.39 is 0 Å². The predicted octanol–water partition coefficient (Wildman–Crippen LogP) is 2.33. The van der Waals surface area contributed by atoms with Crippen LogP contribution in [0, 0.1) is 11.3 Å². The molecular formula is C14H16N6. The van der Waals surface area contributed by atoms with Crippen LogP contribution in [0.3, 0.4) is 0 Å². The molecule has 0 radical (unpaired) electrons. The van der Waals surface area contributed by atoms with Gasteiger partial charge in [-0.1, -0.05) is 13.3 Å². The molecule has 0 bridgehead atoms. The number of nitrogens with one attached hydrogen (secondary N) is 2. The van der Waals surface area contributed by atoms with Crippen LogP contribution in [0.15, 0.2) is 30.3 Å². The van der Waals surface area contributed by atoms with E-state index in [2.05, 4.69) is 33.7 Å². The normalized spacial score (nSPS) is 9.85. The first-order valence-electron chi connectivity index (χ1n) is 6.37. The highest BCUT2D eigenvalue weighted by atomic mass is 15.3. The van der Waals surface area contributed by atoms with E-state index in [9.17, 15) is 0 Å². The van der Waals surface area contributed by atoms with Crippen molar-refractivity contribution in [1.82, 2.24) is 9.97 Å².